The molecule has 1 aliphatic heterocycles. The highest BCUT2D eigenvalue weighted by Crippen LogP contribution is 2.23. The Hall–Kier alpha value is -1.44. The molecule has 1 heterocycles. The number of nitrogens with one attached hydrogen (secondary N) is 1. The maximum Gasteiger partial charge on any atom is 0.327 e. The van der Waals surface area contributed by atoms with E-state index in [1.54, 1.807) is 0 Å². The number of nitrogens with two attached hydrogens (primary N) is 1. The maximum atomic E-state index is 12.3. The number of hydrogen-bond donors (Lipinski definition) is 3. The molecule has 0 aromatic heterocycles. The predicted octanol–water partition coefficient (Wildman–Crippen LogP) is 0.0555. The van der Waals surface area contributed by atoms with E-state index in [0.29, 0.717) is 18.1 Å². The number of thioether (sulfide) groups is 1. The van der Waals surface area contributed by atoms with Crippen molar-refractivity contribution >= 4 is 29.7 Å². The summed E-state index contributed by atoms with van der Waals surface area (Å²) in [5.74, 6) is -0.540. The van der Waals surface area contributed by atoms with E-state index in [4.69, 9.17) is 10.8 Å². The van der Waals surface area contributed by atoms with Gasteiger partial charge in [0.25, 0.3) is 0 Å². The van der Waals surface area contributed by atoms with Gasteiger partial charge in [-0.1, -0.05) is 13.8 Å². The van der Waals surface area contributed by atoms with E-state index in [2.05, 4.69) is 5.32 Å². The van der Waals surface area contributed by atoms with Gasteiger partial charge in [-0.15, -0.1) is 11.8 Å². The van der Waals surface area contributed by atoms with Crippen LogP contribution in [0.5, 0.6) is 0 Å². The minimum atomic E-state index is -1.03. The number of carbonyl (C=O) groups excluding carboxylic acids is 2. The standard InChI is InChI=1S/C11H19N3O4S/c1-6(2)3-7(13-11(12)18)9(15)14-5-19-4-8(14)10(16)17/h6-8H,3-5H2,1-2H3,(H,16,17)(H3,12,13,18). The van der Waals surface area contributed by atoms with Gasteiger partial charge in [0.2, 0.25) is 5.91 Å². The molecule has 108 valence electrons. The third-order valence-corrected chi connectivity index (χ3v) is 3.78. The summed E-state index contributed by atoms with van der Waals surface area (Å²) in [7, 11) is 0. The maximum absolute atomic E-state index is 12.3. The molecule has 3 amide bonds. The monoisotopic (exact) mass is 289 g/mol. The normalized spacial score (nSPS) is 20.4. The number of urea groups is 1. The van der Waals surface area contributed by atoms with Crippen LogP contribution in [-0.4, -0.2) is 51.6 Å². The minimum Gasteiger partial charge on any atom is -0.480 e. The summed E-state index contributed by atoms with van der Waals surface area (Å²) in [6, 6.07) is -2.38. The number of aliphatic carboxylic acids is 1. The van der Waals surface area contributed by atoms with Crippen LogP contribution in [0, 0.1) is 5.92 Å². The molecule has 2 atom stereocenters. The highest BCUT2D eigenvalue weighted by molar-refractivity contribution is 7.99. The van der Waals surface area contributed by atoms with Gasteiger partial charge in [-0.3, -0.25) is 4.79 Å². The molecule has 1 saturated heterocycles. The van der Waals surface area contributed by atoms with Gasteiger partial charge in [0.05, 0.1) is 5.88 Å². The first-order valence-corrected chi connectivity index (χ1v) is 7.15. The van der Waals surface area contributed by atoms with Crippen molar-refractivity contribution in [1.29, 1.82) is 0 Å². The van der Waals surface area contributed by atoms with Crippen molar-refractivity contribution in [3.8, 4) is 0 Å². The number of carboxylic acids is 1. The lowest BCUT2D eigenvalue weighted by atomic mass is 10.0. The zero-order valence-electron chi connectivity index (χ0n) is 11.0. The van der Waals surface area contributed by atoms with Crippen molar-refractivity contribution in [2.45, 2.75) is 32.4 Å². The number of rotatable bonds is 5. The fourth-order valence-electron chi connectivity index (χ4n) is 1.93. The molecule has 0 bridgehead atoms. The molecule has 0 aromatic rings. The van der Waals surface area contributed by atoms with Crippen LogP contribution in [0.4, 0.5) is 4.79 Å². The largest absolute Gasteiger partial charge is 0.480 e. The van der Waals surface area contributed by atoms with Crippen molar-refractivity contribution in [3.05, 3.63) is 0 Å². The second-order valence-corrected chi connectivity index (χ2v) is 5.85. The number of carboxylic acid groups (broad SMARTS) is 1. The first-order chi connectivity index (χ1) is 8.82. The third kappa shape index (κ3) is 4.30. The number of primary amides is 1. The third-order valence-electron chi connectivity index (χ3n) is 2.77. The Morgan fingerprint density at radius 1 is 1.47 bits per heavy atom. The second kappa shape index (κ2) is 6.65. The molecule has 8 heteroatoms. The van der Waals surface area contributed by atoms with Crippen LogP contribution in [0.1, 0.15) is 20.3 Å². The van der Waals surface area contributed by atoms with Crippen molar-refractivity contribution in [2.75, 3.05) is 11.6 Å². The Morgan fingerprint density at radius 2 is 2.11 bits per heavy atom. The van der Waals surface area contributed by atoms with Gasteiger partial charge in [0, 0.05) is 5.75 Å². The molecule has 1 rings (SSSR count). The van der Waals surface area contributed by atoms with Crippen molar-refractivity contribution in [2.24, 2.45) is 11.7 Å². The number of carbonyl (C=O) groups is 3. The molecular formula is C11H19N3O4S. The summed E-state index contributed by atoms with van der Waals surface area (Å²) in [4.78, 5) is 35.6. The smallest absolute Gasteiger partial charge is 0.327 e. The van der Waals surface area contributed by atoms with Crippen LogP contribution in [0.15, 0.2) is 0 Å². The van der Waals surface area contributed by atoms with Gasteiger partial charge in [-0.05, 0) is 12.3 Å². The van der Waals surface area contributed by atoms with E-state index in [-0.39, 0.29) is 11.8 Å². The Kier molecular flexibility index (Phi) is 5.46. The Labute approximate surface area is 115 Å². The molecule has 1 aliphatic rings. The van der Waals surface area contributed by atoms with Crippen LogP contribution in [0.3, 0.4) is 0 Å². The van der Waals surface area contributed by atoms with Gasteiger partial charge < -0.3 is 21.1 Å². The van der Waals surface area contributed by atoms with E-state index in [0.717, 1.165) is 0 Å². The number of hydrogen-bond acceptors (Lipinski definition) is 4. The van der Waals surface area contributed by atoms with E-state index in [1.165, 1.54) is 16.7 Å². The van der Waals surface area contributed by atoms with E-state index < -0.39 is 24.1 Å². The highest BCUT2D eigenvalue weighted by Gasteiger charge is 2.38. The average Bonchev–Trinajstić information content (AvgIpc) is 2.74. The quantitative estimate of drug-likeness (QED) is 0.662. The molecule has 19 heavy (non-hydrogen) atoms. The van der Waals surface area contributed by atoms with Crippen molar-refractivity contribution < 1.29 is 19.5 Å². The molecule has 0 aliphatic carbocycles. The van der Waals surface area contributed by atoms with E-state index in [1.807, 2.05) is 13.8 Å². The summed E-state index contributed by atoms with van der Waals surface area (Å²) < 4.78 is 0. The van der Waals surface area contributed by atoms with Gasteiger partial charge in [-0.25, -0.2) is 9.59 Å². The zero-order valence-corrected chi connectivity index (χ0v) is 11.8. The van der Waals surface area contributed by atoms with Crippen LogP contribution < -0.4 is 11.1 Å². The highest BCUT2D eigenvalue weighted by atomic mass is 32.2. The second-order valence-electron chi connectivity index (χ2n) is 4.85. The first-order valence-electron chi connectivity index (χ1n) is 6.00. The summed E-state index contributed by atoms with van der Waals surface area (Å²) in [6.45, 7) is 3.83. The van der Waals surface area contributed by atoms with Gasteiger partial charge in [0.15, 0.2) is 0 Å². The zero-order chi connectivity index (χ0) is 14.6. The number of amides is 3. The lowest BCUT2D eigenvalue weighted by Crippen LogP contribution is -2.53. The lowest BCUT2D eigenvalue weighted by Gasteiger charge is -2.27. The fraction of sp³-hybridized carbons (Fsp3) is 0.727. The van der Waals surface area contributed by atoms with E-state index in [9.17, 15) is 14.4 Å². The predicted molar refractivity (Wildman–Crippen MR) is 71.6 cm³/mol. The summed E-state index contributed by atoms with van der Waals surface area (Å²) in [6.07, 6.45) is 0.426. The van der Waals surface area contributed by atoms with Crippen LogP contribution in [0.2, 0.25) is 0 Å². The van der Waals surface area contributed by atoms with Gasteiger partial charge in [-0.2, -0.15) is 0 Å². The van der Waals surface area contributed by atoms with Gasteiger partial charge >= 0.3 is 12.0 Å². The summed E-state index contributed by atoms with van der Waals surface area (Å²) in [5, 5.41) is 11.5. The molecule has 0 aromatic carbocycles. The molecule has 7 nitrogen and oxygen atoms in total. The minimum absolute atomic E-state index is 0.180. The Morgan fingerprint density at radius 3 is 2.58 bits per heavy atom. The van der Waals surface area contributed by atoms with E-state index >= 15 is 0 Å². The average molecular weight is 289 g/mol. The van der Waals surface area contributed by atoms with Gasteiger partial charge in [0.1, 0.15) is 12.1 Å². The molecule has 4 N–H and O–H groups in total. The number of nitrogens with zero attached hydrogens (tertiary/aromatic N) is 1. The summed E-state index contributed by atoms with van der Waals surface area (Å²) in [5.41, 5.74) is 5.06. The Bertz CT molecular complexity index is 375. The topological polar surface area (TPSA) is 113 Å². The van der Waals surface area contributed by atoms with Crippen LogP contribution >= 0.6 is 11.8 Å². The molecular weight excluding hydrogens is 270 g/mol. The lowest BCUT2D eigenvalue weighted by molar-refractivity contribution is -0.148. The molecule has 0 spiro atoms. The Balaban J connectivity index is 2.79. The molecule has 2 unspecified atom stereocenters. The molecule has 0 radical (unpaired) electrons. The molecule has 0 saturated carbocycles. The van der Waals surface area contributed by atoms with Crippen molar-refractivity contribution in [3.63, 3.8) is 0 Å². The first kappa shape index (κ1) is 15.6. The van der Waals surface area contributed by atoms with Crippen LogP contribution in [0.25, 0.3) is 0 Å². The SMILES string of the molecule is CC(C)CC(NC(N)=O)C(=O)N1CSCC1C(=O)O. The van der Waals surface area contributed by atoms with Crippen molar-refractivity contribution in [1.82, 2.24) is 10.2 Å². The summed E-state index contributed by atoms with van der Waals surface area (Å²) >= 11 is 1.38. The molecule has 1 fully saturated rings. The fourth-order valence-corrected chi connectivity index (χ4v) is 3.08. The van der Waals surface area contributed by atoms with Crippen LogP contribution in [-0.2, 0) is 9.59 Å².